The fourth-order valence-corrected chi connectivity index (χ4v) is 2.15. The maximum atomic E-state index is 12.9. The molecular weight excluding hydrogens is 207 g/mol. The highest BCUT2D eigenvalue weighted by molar-refractivity contribution is 5.67. The van der Waals surface area contributed by atoms with Gasteiger partial charge >= 0.3 is 0 Å². The first-order chi connectivity index (χ1) is 7.70. The Bertz CT molecular complexity index is 362. The molecule has 2 N–H and O–H groups in total. The predicted octanol–water partition coefficient (Wildman–Crippen LogP) is 2.02. The molecule has 0 aliphatic carbocycles. The largest absolute Gasteiger partial charge is 0.397 e. The van der Waals surface area contributed by atoms with Gasteiger partial charge < -0.3 is 15.4 Å². The van der Waals surface area contributed by atoms with Crippen LogP contribution in [-0.4, -0.2) is 26.3 Å². The van der Waals surface area contributed by atoms with Gasteiger partial charge in [0.2, 0.25) is 0 Å². The lowest BCUT2D eigenvalue weighted by atomic mass is 10.1. The Kier molecular flexibility index (Phi) is 3.29. The van der Waals surface area contributed by atoms with Crippen molar-refractivity contribution in [2.75, 3.05) is 30.8 Å². The first kappa shape index (κ1) is 11.2. The lowest BCUT2D eigenvalue weighted by Gasteiger charge is -2.33. The van der Waals surface area contributed by atoms with Crippen molar-refractivity contribution >= 4 is 11.4 Å². The van der Waals surface area contributed by atoms with Crippen LogP contribution >= 0.6 is 0 Å². The maximum Gasteiger partial charge on any atom is 0.125 e. The van der Waals surface area contributed by atoms with E-state index < -0.39 is 0 Å². The van der Waals surface area contributed by atoms with Gasteiger partial charge in [0.25, 0.3) is 0 Å². The first-order valence-electron chi connectivity index (χ1n) is 5.53. The topological polar surface area (TPSA) is 38.5 Å². The number of nitrogens with two attached hydrogens (primary N) is 1. The molecule has 1 heterocycles. The highest BCUT2D eigenvalue weighted by Crippen LogP contribution is 2.27. The Morgan fingerprint density at radius 2 is 2.06 bits per heavy atom. The molecule has 3 nitrogen and oxygen atoms in total. The summed E-state index contributed by atoms with van der Waals surface area (Å²) in [6.45, 7) is 1.82. The number of anilines is 2. The van der Waals surface area contributed by atoms with Crippen LogP contribution in [0.5, 0.6) is 0 Å². The van der Waals surface area contributed by atoms with E-state index in [1.807, 2.05) is 0 Å². The van der Waals surface area contributed by atoms with Crippen LogP contribution in [0.3, 0.4) is 0 Å². The Hall–Kier alpha value is -1.29. The third-order valence-corrected chi connectivity index (χ3v) is 3.11. The standard InChI is InChI=1S/C12H17FN2O/c1-16-10-4-6-15(7-5-10)12-3-2-9(13)8-11(12)14/h2-3,8,10H,4-7,14H2,1H3. The summed E-state index contributed by atoms with van der Waals surface area (Å²) in [5.74, 6) is -0.284. The number of nitrogen functional groups attached to an aromatic ring is 1. The third kappa shape index (κ3) is 2.27. The van der Waals surface area contributed by atoms with Gasteiger partial charge in [-0.2, -0.15) is 0 Å². The zero-order valence-electron chi connectivity index (χ0n) is 9.45. The highest BCUT2D eigenvalue weighted by Gasteiger charge is 2.20. The van der Waals surface area contributed by atoms with Gasteiger partial charge in [0.1, 0.15) is 5.82 Å². The molecule has 4 heteroatoms. The fraction of sp³-hybridized carbons (Fsp3) is 0.500. The molecule has 0 amide bonds. The van der Waals surface area contributed by atoms with E-state index in [9.17, 15) is 4.39 Å². The van der Waals surface area contributed by atoms with Gasteiger partial charge in [-0.15, -0.1) is 0 Å². The smallest absolute Gasteiger partial charge is 0.125 e. The van der Waals surface area contributed by atoms with Crippen molar-refractivity contribution in [1.29, 1.82) is 0 Å². The van der Waals surface area contributed by atoms with Gasteiger partial charge in [-0.3, -0.25) is 0 Å². The molecular formula is C12H17FN2O. The molecule has 0 aromatic heterocycles. The molecule has 0 spiro atoms. The Balaban J connectivity index is 2.08. The zero-order chi connectivity index (χ0) is 11.5. The van der Waals surface area contributed by atoms with E-state index in [-0.39, 0.29) is 5.82 Å². The molecule has 1 fully saturated rings. The quantitative estimate of drug-likeness (QED) is 0.781. The van der Waals surface area contributed by atoms with Crippen LogP contribution < -0.4 is 10.6 Å². The molecule has 1 saturated heterocycles. The number of halogens is 1. The van der Waals surface area contributed by atoms with E-state index in [0.717, 1.165) is 31.6 Å². The Labute approximate surface area is 95.0 Å². The molecule has 1 aliphatic heterocycles. The number of hydrogen-bond donors (Lipinski definition) is 1. The van der Waals surface area contributed by atoms with E-state index >= 15 is 0 Å². The first-order valence-corrected chi connectivity index (χ1v) is 5.53. The van der Waals surface area contributed by atoms with Crippen LogP contribution in [0.25, 0.3) is 0 Å². The molecule has 88 valence electrons. The van der Waals surface area contributed by atoms with Gasteiger partial charge in [0, 0.05) is 20.2 Å². The van der Waals surface area contributed by atoms with Crippen LogP contribution in [0.15, 0.2) is 18.2 Å². The molecule has 0 atom stereocenters. The minimum absolute atomic E-state index is 0.284. The van der Waals surface area contributed by atoms with Crippen molar-refractivity contribution in [1.82, 2.24) is 0 Å². The molecule has 1 aliphatic rings. The second-order valence-electron chi connectivity index (χ2n) is 4.13. The van der Waals surface area contributed by atoms with E-state index in [1.54, 1.807) is 13.2 Å². The Morgan fingerprint density at radius 3 is 2.62 bits per heavy atom. The van der Waals surface area contributed by atoms with Crippen LogP contribution in [0, 0.1) is 5.82 Å². The van der Waals surface area contributed by atoms with Crippen LogP contribution in [-0.2, 0) is 4.74 Å². The third-order valence-electron chi connectivity index (χ3n) is 3.11. The number of nitrogens with zero attached hydrogens (tertiary/aromatic N) is 1. The predicted molar refractivity (Wildman–Crippen MR) is 63.1 cm³/mol. The van der Waals surface area contributed by atoms with E-state index in [2.05, 4.69) is 4.90 Å². The summed E-state index contributed by atoms with van der Waals surface area (Å²) in [7, 11) is 1.74. The normalized spacial score (nSPS) is 17.8. The van der Waals surface area contributed by atoms with E-state index in [4.69, 9.17) is 10.5 Å². The molecule has 0 saturated carbocycles. The summed E-state index contributed by atoms with van der Waals surface area (Å²) in [4.78, 5) is 2.18. The molecule has 16 heavy (non-hydrogen) atoms. The Morgan fingerprint density at radius 1 is 1.38 bits per heavy atom. The summed E-state index contributed by atoms with van der Waals surface area (Å²) >= 11 is 0. The van der Waals surface area contributed by atoms with Crippen LogP contribution in [0.4, 0.5) is 15.8 Å². The van der Waals surface area contributed by atoms with Gasteiger partial charge in [0.15, 0.2) is 0 Å². The van der Waals surface area contributed by atoms with E-state index in [0.29, 0.717) is 11.8 Å². The molecule has 0 unspecified atom stereocenters. The summed E-state index contributed by atoms with van der Waals surface area (Å²) in [5, 5.41) is 0. The highest BCUT2D eigenvalue weighted by atomic mass is 19.1. The number of piperidine rings is 1. The summed E-state index contributed by atoms with van der Waals surface area (Å²) in [6.07, 6.45) is 2.33. The van der Waals surface area contributed by atoms with Crippen molar-refractivity contribution in [3.63, 3.8) is 0 Å². The van der Waals surface area contributed by atoms with Crippen molar-refractivity contribution < 1.29 is 9.13 Å². The average molecular weight is 224 g/mol. The van der Waals surface area contributed by atoms with Crippen LogP contribution in [0.1, 0.15) is 12.8 Å². The van der Waals surface area contributed by atoms with Gasteiger partial charge in [0.05, 0.1) is 17.5 Å². The molecule has 1 aromatic carbocycles. The summed E-state index contributed by atoms with van der Waals surface area (Å²) < 4.78 is 18.2. The minimum atomic E-state index is -0.284. The molecule has 1 aromatic rings. The number of rotatable bonds is 2. The van der Waals surface area contributed by atoms with Crippen molar-refractivity contribution in [3.05, 3.63) is 24.0 Å². The fourth-order valence-electron chi connectivity index (χ4n) is 2.15. The van der Waals surface area contributed by atoms with Gasteiger partial charge in [-0.1, -0.05) is 0 Å². The lowest BCUT2D eigenvalue weighted by Crippen LogP contribution is -2.37. The molecule has 0 bridgehead atoms. The monoisotopic (exact) mass is 224 g/mol. The van der Waals surface area contributed by atoms with Crippen molar-refractivity contribution in [2.45, 2.75) is 18.9 Å². The minimum Gasteiger partial charge on any atom is -0.397 e. The van der Waals surface area contributed by atoms with Gasteiger partial charge in [-0.25, -0.2) is 4.39 Å². The second kappa shape index (κ2) is 4.70. The number of benzene rings is 1. The SMILES string of the molecule is COC1CCN(c2ccc(F)cc2N)CC1. The van der Waals surface area contributed by atoms with E-state index in [1.165, 1.54) is 12.1 Å². The number of methoxy groups -OCH3 is 1. The number of ether oxygens (including phenoxy) is 1. The van der Waals surface area contributed by atoms with Crippen molar-refractivity contribution in [3.8, 4) is 0 Å². The molecule has 2 rings (SSSR count). The van der Waals surface area contributed by atoms with Gasteiger partial charge in [-0.05, 0) is 31.0 Å². The average Bonchev–Trinajstić information content (AvgIpc) is 2.29. The number of hydrogen-bond acceptors (Lipinski definition) is 3. The van der Waals surface area contributed by atoms with Crippen molar-refractivity contribution in [2.24, 2.45) is 0 Å². The summed E-state index contributed by atoms with van der Waals surface area (Å²) in [5.41, 5.74) is 7.24. The zero-order valence-corrected chi connectivity index (χ0v) is 9.45. The second-order valence-corrected chi connectivity index (χ2v) is 4.13. The molecule has 0 radical (unpaired) electrons. The summed E-state index contributed by atoms with van der Waals surface area (Å²) in [6, 6.07) is 4.57. The lowest BCUT2D eigenvalue weighted by molar-refractivity contribution is 0.0819. The van der Waals surface area contributed by atoms with Crippen LogP contribution in [0.2, 0.25) is 0 Å². The maximum absolute atomic E-state index is 12.9.